The van der Waals surface area contributed by atoms with Gasteiger partial charge in [-0.2, -0.15) is 0 Å². The van der Waals surface area contributed by atoms with Gasteiger partial charge in [0.2, 0.25) is 0 Å². The number of aliphatic hydroxyl groups excluding tert-OH is 8. The molecular formula is C41H68O14. The first-order chi connectivity index (χ1) is 25.5. The van der Waals surface area contributed by atoms with Crippen molar-refractivity contribution >= 4 is 0 Å². The molecule has 2 spiro atoms. The smallest absolute Gasteiger partial charge is 0.186 e. The lowest BCUT2D eigenvalue weighted by Crippen LogP contribution is -2.65. The maximum absolute atomic E-state index is 12.2. The predicted molar refractivity (Wildman–Crippen MR) is 194 cm³/mol. The highest BCUT2D eigenvalue weighted by atomic mass is 16.7. The monoisotopic (exact) mass is 784 g/mol. The van der Waals surface area contributed by atoms with Crippen LogP contribution in [0, 0.1) is 44.8 Å². The fourth-order valence-electron chi connectivity index (χ4n) is 14.9. The summed E-state index contributed by atoms with van der Waals surface area (Å²) in [6.07, 6.45) is -7.48. The van der Waals surface area contributed by atoms with E-state index in [0.717, 1.165) is 32.1 Å². The Morgan fingerprint density at radius 3 is 2.05 bits per heavy atom. The van der Waals surface area contributed by atoms with Gasteiger partial charge in [-0.3, -0.25) is 0 Å². The van der Waals surface area contributed by atoms with Crippen molar-refractivity contribution in [3.63, 3.8) is 0 Å². The van der Waals surface area contributed by atoms with Gasteiger partial charge in [-0.05, 0) is 117 Å². The molecule has 14 heteroatoms. The molecule has 3 saturated heterocycles. The minimum Gasteiger partial charge on any atom is -0.394 e. The zero-order valence-corrected chi connectivity index (χ0v) is 33.6. The highest BCUT2D eigenvalue weighted by Crippen LogP contribution is 2.89. The molecule has 3 heterocycles. The van der Waals surface area contributed by atoms with Crippen molar-refractivity contribution < 1.29 is 69.6 Å². The Morgan fingerprint density at radius 1 is 0.709 bits per heavy atom. The number of hydrogen-bond acceptors (Lipinski definition) is 14. The van der Waals surface area contributed by atoms with Gasteiger partial charge in [0.25, 0.3) is 0 Å². The molecule has 55 heavy (non-hydrogen) atoms. The summed E-state index contributed by atoms with van der Waals surface area (Å²) in [5.74, 6) is -0.215. The molecule has 21 atom stereocenters. The molecular weight excluding hydrogens is 716 g/mol. The van der Waals surface area contributed by atoms with Crippen LogP contribution < -0.4 is 0 Å². The van der Waals surface area contributed by atoms with Gasteiger partial charge in [0.1, 0.15) is 42.7 Å². The Labute approximate surface area is 324 Å². The minimum atomic E-state index is -1.60. The Bertz CT molecular complexity index is 1460. The lowest BCUT2D eigenvalue weighted by molar-refractivity contribution is -0.339. The molecule has 316 valence electrons. The van der Waals surface area contributed by atoms with Crippen LogP contribution in [0.1, 0.15) is 106 Å². The van der Waals surface area contributed by atoms with E-state index in [1.165, 1.54) is 0 Å². The van der Waals surface area contributed by atoms with E-state index < -0.39 is 96.8 Å². The second-order valence-electron chi connectivity index (χ2n) is 21.1. The van der Waals surface area contributed by atoms with Crippen LogP contribution in [-0.4, -0.2) is 150 Å². The Balaban J connectivity index is 1.15. The van der Waals surface area contributed by atoms with Crippen molar-refractivity contribution in [3.8, 4) is 0 Å². The lowest BCUT2D eigenvalue weighted by Gasteiger charge is -2.65. The van der Waals surface area contributed by atoms with Gasteiger partial charge in [0.15, 0.2) is 12.6 Å². The van der Waals surface area contributed by atoms with Crippen molar-refractivity contribution in [2.45, 2.75) is 197 Å². The van der Waals surface area contributed by atoms with E-state index in [4.69, 9.17) is 23.7 Å². The van der Waals surface area contributed by atoms with E-state index in [-0.39, 0.29) is 52.1 Å². The van der Waals surface area contributed by atoms with E-state index >= 15 is 0 Å². The Morgan fingerprint density at radius 2 is 1.40 bits per heavy atom. The first kappa shape index (κ1) is 41.2. The van der Waals surface area contributed by atoms with E-state index in [9.17, 15) is 46.0 Å². The molecule has 0 aromatic rings. The molecule has 5 saturated carbocycles. The van der Waals surface area contributed by atoms with E-state index in [1.54, 1.807) is 13.8 Å². The van der Waals surface area contributed by atoms with Crippen LogP contribution in [0.15, 0.2) is 0 Å². The maximum Gasteiger partial charge on any atom is 0.186 e. The van der Waals surface area contributed by atoms with Crippen molar-refractivity contribution in [1.82, 2.24) is 0 Å². The van der Waals surface area contributed by atoms with E-state index in [0.29, 0.717) is 25.7 Å². The van der Waals surface area contributed by atoms with Crippen molar-refractivity contribution in [3.05, 3.63) is 0 Å². The third-order valence-corrected chi connectivity index (χ3v) is 17.6. The van der Waals surface area contributed by atoms with Crippen molar-refractivity contribution in [2.24, 2.45) is 44.8 Å². The van der Waals surface area contributed by atoms with Gasteiger partial charge in [0.05, 0.1) is 48.8 Å². The van der Waals surface area contributed by atoms with Crippen LogP contribution in [-0.2, 0) is 23.7 Å². The number of aliphatic hydroxyl groups is 9. The average molecular weight is 785 g/mol. The minimum absolute atomic E-state index is 0.0633. The third kappa shape index (κ3) is 5.70. The summed E-state index contributed by atoms with van der Waals surface area (Å²) < 4.78 is 31.9. The topological polar surface area (TPSA) is 228 Å². The summed E-state index contributed by atoms with van der Waals surface area (Å²) in [5, 5.41) is 97.2. The summed E-state index contributed by atoms with van der Waals surface area (Å²) >= 11 is 0. The fraction of sp³-hybridized carbons (Fsp3) is 1.00. The molecule has 8 aliphatic rings. The third-order valence-electron chi connectivity index (χ3n) is 17.6. The lowest BCUT2D eigenvalue weighted by atomic mass is 9.41. The second kappa shape index (κ2) is 13.2. The molecule has 8 fully saturated rings. The standard InChI is InChI=1S/C41H68O14/c1-35(2)24(54-33-29(48)26(45)20(44)17-51-33)9-11-41-18-40(41)13-12-37(5)31(39(7)10-8-25(55-39)36(3,4)50)19(43)15-38(37,6)23(40)14-21(32(35)41)52-34-30(49)28(47)27(46)22(16-42)53-34/h19-34,42-50H,8-18H2,1-7H3/t19-,20+,21-,22+,23-,24-,25+,26-,27+,28-,29+,30-,31+,32-,33-,34+,37+,38-,39-,40+,41+/m0/s1. The Kier molecular flexibility index (Phi) is 9.90. The molecule has 3 aliphatic heterocycles. The van der Waals surface area contributed by atoms with Crippen LogP contribution in [0.2, 0.25) is 0 Å². The van der Waals surface area contributed by atoms with E-state index in [2.05, 4.69) is 34.6 Å². The van der Waals surface area contributed by atoms with Crippen molar-refractivity contribution in [2.75, 3.05) is 13.2 Å². The molecule has 0 radical (unpaired) electrons. The molecule has 0 bridgehead atoms. The molecule has 0 amide bonds. The van der Waals surface area contributed by atoms with Crippen molar-refractivity contribution in [1.29, 1.82) is 0 Å². The van der Waals surface area contributed by atoms with Gasteiger partial charge in [0, 0.05) is 5.92 Å². The zero-order chi connectivity index (χ0) is 40.1. The van der Waals surface area contributed by atoms with Crippen LogP contribution in [0.3, 0.4) is 0 Å². The highest BCUT2D eigenvalue weighted by Gasteiger charge is 2.85. The summed E-state index contributed by atoms with van der Waals surface area (Å²) in [6.45, 7) is 13.8. The molecule has 14 nitrogen and oxygen atoms in total. The highest BCUT2D eigenvalue weighted by molar-refractivity contribution is 5.33. The number of rotatable bonds is 7. The maximum atomic E-state index is 12.2. The number of fused-ring (bicyclic) bond motifs is 2. The molecule has 5 aliphatic carbocycles. The predicted octanol–water partition coefficient (Wildman–Crippen LogP) is 0.724. The molecule has 0 aromatic heterocycles. The first-order valence-electron chi connectivity index (χ1n) is 20.9. The van der Waals surface area contributed by atoms with Crippen LogP contribution in [0.4, 0.5) is 0 Å². The average Bonchev–Trinajstić information content (AvgIpc) is 3.47. The molecule has 0 unspecified atom stereocenters. The summed E-state index contributed by atoms with van der Waals surface area (Å²) in [4.78, 5) is 0. The zero-order valence-electron chi connectivity index (χ0n) is 33.6. The second-order valence-corrected chi connectivity index (χ2v) is 21.1. The van der Waals surface area contributed by atoms with Gasteiger partial charge in [-0.1, -0.05) is 27.7 Å². The van der Waals surface area contributed by atoms with Gasteiger partial charge in [-0.15, -0.1) is 0 Å². The van der Waals surface area contributed by atoms with Crippen LogP contribution in [0.5, 0.6) is 0 Å². The van der Waals surface area contributed by atoms with Gasteiger partial charge >= 0.3 is 0 Å². The van der Waals surface area contributed by atoms with Crippen LogP contribution in [0.25, 0.3) is 0 Å². The molecule has 0 aromatic carbocycles. The largest absolute Gasteiger partial charge is 0.394 e. The van der Waals surface area contributed by atoms with Crippen LogP contribution >= 0.6 is 0 Å². The van der Waals surface area contributed by atoms with E-state index in [1.807, 2.05) is 0 Å². The summed E-state index contributed by atoms with van der Waals surface area (Å²) in [6, 6.07) is 0. The SMILES string of the molecule is CC(C)(O)[C@H]1CC[C@@](C)([C@@H]2[C@@H](O)C[C@@]3(C)[C@@H]4C[C@H](O[C@@H]5O[C@H](CO)[C@@H](O)[C@H](O)[C@@H]5O)[C@H]5C(C)(C)[C@@H](O[C@@H]6OC[C@@H](O)[C@H](O)[C@H]6O)CC[C@@]56C[C@]46CC[C@]23C)O1. The quantitative estimate of drug-likeness (QED) is 0.162. The molecule has 8 rings (SSSR count). The summed E-state index contributed by atoms with van der Waals surface area (Å²) in [7, 11) is 0. The van der Waals surface area contributed by atoms with Gasteiger partial charge in [-0.25, -0.2) is 0 Å². The van der Waals surface area contributed by atoms with Gasteiger partial charge < -0.3 is 69.6 Å². The first-order valence-corrected chi connectivity index (χ1v) is 20.9. The Hall–Kier alpha value is -0.560. The molecule has 9 N–H and O–H groups in total. The summed E-state index contributed by atoms with van der Waals surface area (Å²) in [5.41, 5.74) is -3.16. The number of ether oxygens (including phenoxy) is 5. The number of hydrogen-bond donors (Lipinski definition) is 9. The fourth-order valence-corrected chi connectivity index (χ4v) is 14.9. The normalized spacial score (nSPS) is 58.7.